The van der Waals surface area contributed by atoms with Gasteiger partial charge in [-0.05, 0) is 17.7 Å². The third-order valence-corrected chi connectivity index (χ3v) is 2.54. The van der Waals surface area contributed by atoms with Crippen molar-refractivity contribution < 1.29 is 9.53 Å². The van der Waals surface area contributed by atoms with Crippen LogP contribution in [0, 0.1) is 0 Å². The summed E-state index contributed by atoms with van der Waals surface area (Å²) in [4.78, 5) is 13.5. The Morgan fingerprint density at radius 1 is 1.56 bits per heavy atom. The van der Waals surface area contributed by atoms with Crippen LogP contribution in [0.15, 0.2) is 36.9 Å². The monoisotopic (exact) mass is 248 g/mol. The lowest BCUT2D eigenvalue weighted by molar-refractivity contribution is -0.129. The number of nitrogens with zero attached hydrogens (tertiary/aromatic N) is 1. The zero-order chi connectivity index (χ0) is 13.4. The molecule has 0 bridgehead atoms. The highest BCUT2D eigenvalue weighted by Crippen LogP contribution is 2.13. The molecule has 0 aliphatic rings. The third-order valence-electron chi connectivity index (χ3n) is 2.54. The van der Waals surface area contributed by atoms with E-state index in [9.17, 15) is 4.79 Å². The molecule has 0 aliphatic heterocycles. The van der Waals surface area contributed by atoms with Crippen molar-refractivity contribution in [1.29, 1.82) is 0 Å². The van der Waals surface area contributed by atoms with E-state index in [-0.39, 0.29) is 5.91 Å². The minimum atomic E-state index is 0.0552. The maximum absolute atomic E-state index is 11.8. The lowest BCUT2D eigenvalue weighted by atomic mass is 10.2. The van der Waals surface area contributed by atoms with Crippen LogP contribution >= 0.6 is 0 Å². The second-order valence-electron chi connectivity index (χ2n) is 4.02. The van der Waals surface area contributed by atoms with Gasteiger partial charge >= 0.3 is 0 Å². The van der Waals surface area contributed by atoms with Crippen LogP contribution in [0.3, 0.4) is 0 Å². The van der Waals surface area contributed by atoms with Crippen LogP contribution in [0.5, 0.6) is 5.75 Å². The minimum absolute atomic E-state index is 0.0552. The fraction of sp³-hybridized carbons (Fsp3) is 0.357. The molecule has 0 atom stereocenters. The third kappa shape index (κ3) is 4.59. The van der Waals surface area contributed by atoms with Gasteiger partial charge in [0, 0.05) is 20.1 Å². The van der Waals surface area contributed by atoms with E-state index in [1.807, 2.05) is 24.3 Å². The van der Waals surface area contributed by atoms with Crippen LogP contribution in [-0.2, 0) is 11.3 Å². The molecule has 1 N–H and O–H groups in total. The van der Waals surface area contributed by atoms with Gasteiger partial charge in [-0.1, -0.05) is 18.2 Å². The van der Waals surface area contributed by atoms with E-state index in [1.54, 1.807) is 25.1 Å². The molecule has 1 aromatic carbocycles. The van der Waals surface area contributed by atoms with Gasteiger partial charge in [-0.15, -0.1) is 6.58 Å². The zero-order valence-electron chi connectivity index (χ0n) is 11.0. The molecular formula is C14H20N2O2. The van der Waals surface area contributed by atoms with E-state index in [0.717, 1.165) is 11.3 Å². The number of amides is 1. The van der Waals surface area contributed by atoms with E-state index < -0.39 is 0 Å². The molecule has 0 fully saturated rings. The number of benzene rings is 1. The molecule has 0 aliphatic carbocycles. The molecule has 0 saturated carbocycles. The number of hydrogen-bond donors (Lipinski definition) is 1. The van der Waals surface area contributed by atoms with Crippen molar-refractivity contribution in [1.82, 2.24) is 10.2 Å². The van der Waals surface area contributed by atoms with E-state index >= 15 is 0 Å². The number of methoxy groups -OCH3 is 1. The fourth-order valence-corrected chi connectivity index (χ4v) is 1.55. The largest absolute Gasteiger partial charge is 0.497 e. The Balaban J connectivity index is 2.49. The van der Waals surface area contributed by atoms with Crippen molar-refractivity contribution >= 4 is 5.91 Å². The Morgan fingerprint density at radius 2 is 2.33 bits per heavy atom. The first-order chi connectivity index (χ1) is 8.67. The van der Waals surface area contributed by atoms with Crippen LogP contribution in [0.2, 0.25) is 0 Å². The number of ether oxygens (including phenoxy) is 1. The maximum Gasteiger partial charge on any atom is 0.236 e. The fourth-order valence-electron chi connectivity index (χ4n) is 1.55. The molecule has 4 nitrogen and oxygen atoms in total. The lowest BCUT2D eigenvalue weighted by Crippen LogP contribution is -2.35. The predicted molar refractivity (Wildman–Crippen MR) is 72.5 cm³/mol. The standard InChI is InChI=1S/C14H20N2O2/c1-4-8-15-10-14(17)16(2)11-12-6-5-7-13(9-12)18-3/h4-7,9,15H,1,8,10-11H2,2-3H3. The van der Waals surface area contributed by atoms with Crippen LogP contribution in [0.1, 0.15) is 5.56 Å². The van der Waals surface area contributed by atoms with Crippen LogP contribution in [0.4, 0.5) is 0 Å². The van der Waals surface area contributed by atoms with Gasteiger partial charge in [0.2, 0.25) is 5.91 Å². The summed E-state index contributed by atoms with van der Waals surface area (Å²) >= 11 is 0. The van der Waals surface area contributed by atoms with E-state index in [4.69, 9.17) is 4.74 Å². The summed E-state index contributed by atoms with van der Waals surface area (Å²) in [5, 5.41) is 2.99. The number of carbonyl (C=O) groups excluding carboxylic acids is 1. The summed E-state index contributed by atoms with van der Waals surface area (Å²) in [6.45, 7) is 5.13. The van der Waals surface area contributed by atoms with Gasteiger partial charge in [-0.3, -0.25) is 4.79 Å². The van der Waals surface area contributed by atoms with Crippen LogP contribution in [-0.4, -0.2) is 38.1 Å². The van der Waals surface area contributed by atoms with Crippen LogP contribution < -0.4 is 10.1 Å². The van der Waals surface area contributed by atoms with Crippen LogP contribution in [0.25, 0.3) is 0 Å². The smallest absolute Gasteiger partial charge is 0.236 e. The number of carbonyl (C=O) groups is 1. The number of likely N-dealkylation sites (N-methyl/N-ethyl adjacent to an activating group) is 1. The molecule has 4 heteroatoms. The van der Waals surface area contributed by atoms with Crippen molar-refractivity contribution in [3.05, 3.63) is 42.5 Å². The summed E-state index contributed by atoms with van der Waals surface area (Å²) in [6, 6.07) is 7.71. The number of rotatable bonds is 7. The van der Waals surface area contributed by atoms with Gasteiger partial charge in [0.25, 0.3) is 0 Å². The zero-order valence-corrected chi connectivity index (χ0v) is 11.0. The maximum atomic E-state index is 11.8. The molecule has 1 aromatic rings. The molecule has 1 rings (SSSR count). The topological polar surface area (TPSA) is 41.6 Å². The second-order valence-corrected chi connectivity index (χ2v) is 4.02. The Labute approximate surface area is 108 Å². The number of nitrogens with one attached hydrogen (secondary N) is 1. The summed E-state index contributed by atoms with van der Waals surface area (Å²) in [7, 11) is 3.42. The SMILES string of the molecule is C=CCNCC(=O)N(C)Cc1cccc(OC)c1. The van der Waals surface area contributed by atoms with Gasteiger partial charge in [0.15, 0.2) is 0 Å². The van der Waals surface area contributed by atoms with Gasteiger partial charge < -0.3 is 15.0 Å². The summed E-state index contributed by atoms with van der Waals surface area (Å²) < 4.78 is 5.15. The highest BCUT2D eigenvalue weighted by Gasteiger charge is 2.08. The summed E-state index contributed by atoms with van der Waals surface area (Å²) in [5.41, 5.74) is 1.05. The highest BCUT2D eigenvalue weighted by atomic mass is 16.5. The molecule has 0 heterocycles. The molecule has 0 aromatic heterocycles. The first-order valence-electron chi connectivity index (χ1n) is 5.86. The van der Waals surface area contributed by atoms with Gasteiger partial charge in [-0.2, -0.15) is 0 Å². The normalized spacial score (nSPS) is 9.89. The molecule has 0 spiro atoms. The van der Waals surface area contributed by atoms with Gasteiger partial charge in [-0.25, -0.2) is 0 Å². The Bertz CT molecular complexity index is 405. The molecular weight excluding hydrogens is 228 g/mol. The molecule has 98 valence electrons. The number of hydrogen-bond acceptors (Lipinski definition) is 3. The summed E-state index contributed by atoms with van der Waals surface area (Å²) in [6.07, 6.45) is 1.73. The summed E-state index contributed by atoms with van der Waals surface area (Å²) in [5.74, 6) is 0.859. The first kappa shape index (κ1) is 14.3. The van der Waals surface area contributed by atoms with Crippen molar-refractivity contribution in [3.8, 4) is 5.75 Å². The molecule has 18 heavy (non-hydrogen) atoms. The highest BCUT2D eigenvalue weighted by molar-refractivity contribution is 5.77. The Morgan fingerprint density at radius 3 is 3.00 bits per heavy atom. The Hall–Kier alpha value is -1.81. The Kier molecular flexibility index (Phi) is 5.94. The molecule has 0 unspecified atom stereocenters. The van der Waals surface area contributed by atoms with Gasteiger partial charge in [0.1, 0.15) is 5.75 Å². The lowest BCUT2D eigenvalue weighted by Gasteiger charge is -2.17. The van der Waals surface area contributed by atoms with E-state index in [0.29, 0.717) is 19.6 Å². The van der Waals surface area contributed by atoms with Gasteiger partial charge in [0.05, 0.1) is 13.7 Å². The van der Waals surface area contributed by atoms with Crippen molar-refractivity contribution in [2.24, 2.45) is 0 Å². The quantitative estimate of drug-likeness (QED) is 0.586. The van der Waals surface area contributed by atoms with E-state index in [2.05, 4.69) is 11.9 Å². The average molecular weight is 248 g/mol. The molecule has 0 radical (unpaired) electrons. The first-order valence-corrected chi connectivity index (χ1v) is 5.86. The predicted octanol–water partition coefficient (Wildman–Crippen LogP) is 1.43. The molecule has 0 saturated heterocycles. The molecule has 1 amide bonds. The second kappa shape index (κ2) is 7.50. The van der Waals surface area contributed by atoms with Crippen molar-refractivity contribution in [3.63, 3.8) is 0 Å². The van der Waals surface area contributed by atoms with E-state index in [1.165, 1.54) is 0 Å². The minimum Gasteiger partial charge on any atom is -0.497 e. The van der Waals surface area contributed by atoms with Crippen molar-refractivity contribution in [2.75, 3.05) is 27.2 Å². The average Bonchev–Trinajstić information content (AvgIpc) is 2.39. The van der Waals surface area contributed by atoms with Crippen molar-refractivity contribution in [2.45, 2.75) is 6.54 Å².